The SMILES string of the molecule is CCOc1ccc(C(=O)CCC(=O)OC(C)C(=O)Nc2ccccc2OC)cc1. The van der Waals surface area contributed by atoms with Crippen molar-refractivity contribution in [1.82, 2.24) is 0 Å². The lowest BCUT2D eigenvalue weighted by Gasteiger charge is -2.15. The van der Waals surface area contributed by atoms with Crippen LogP contribution in [0.4, 0.5) is 5.69 Å². The van der Waals surface area contributed by atoms with Gasteiger partial charge in [0.25, 0.3) is 5.91 Å². The Morgan fingerprint density at radius 3 is 2.34 bits per heavy atom. The molecule has 1 atom stereocenters. The summed E-state index contributed by atoms with van der Waals surface area (Å²) in [4.78, 5) is 36.5. The molecule has 154 valence electrons. The second kappa shape index (κ2) is 10.8. The lowest BCUT2D eigenvalue weighted by Crippen LogP contribution is -2.30. The summed E-state index contributed by atoms with van der Waals surface area (Å²) >= 11 is 0. The number of rotatable bonds is 10. The van der Waals surface area contributed by atoms with E-state index in [1.807, 2.05) is 6.92 Å². The van der Waals surface area contributed by atoms with Crippen LogP contribution < -0.4 is 14.8 Å². The predicted molar refractivity (Wildman–Crippen MR) is 108 cm³/mol. The summed E-state index contributed by atoms with van der Waals surface area (Å²) in [6.45, 7) is 3.89. The van der Waals surface area contributed by atoms with Crippen molar-refractivity contribution < 1.29 is 28.6 Å². The number of ether oxygens (including phenoxy) is 3. The van der Waals surface area contributed by atoms with E-state index < -0.39 is 18.0 Å². The summed E-state index contributed by atoms with van der Waals surface area (Å²) in [5.74, 6) is -0.109. The highest BCUT2D eigenvalue weighted by atomic mass is 16.5. The van der Waals surface area contributed by atoms with Crippen LogP contribution in [0.5, 0.6) is 11.5 Å². The second-order valence-electron chi connectivity index (χ2n) is 6.20. The molecule has 2 aromatic rings. The fourth-order valence-corrected chi connectivity index (χ4v) is 2.56. The van der Waals surface area contributed by atoms with Gasteiger partial charge in [-0.05, 0) is 50.2 Å². The van der Waals surface area contributed by atoms with E-state index in [9.17, 15) is 14.4 Å². The maximum absolute atomic E-state index is 12.2. The van der Waals surface area contributed by atoms with Crippen LogP contribution in [0.25, 0.3) is 0 Å². The lowest BCUT2D eigenvalue weighted by atomic mass is 10.1. The third-order valence-electron chi connectivity index (χ3n) is 4.09. The minimum Gasteiger partial charge on any atom is -0.495 e. The van der Waals surface area contributed by atoms with Crippen LogP contribution in [0, 0.1) is 0 Å². The molecule has 0 aromatic heterocycles. The molecule has 2 aromatic carbocycles. The highest BCUT2D eigenvalue weighted by Crippen LogP contribution is 2.23. The molecule has 1 unspecified atom stereocenters. The molecular weight excluding hydrogens is 374 g/mol. The van der Waals surface area contributed by atoms with Crippen molar-refractivity contribution in [1.29, 1.82) is 0 Å². The molecule has 0 radical (unpaired) electrons. The number of anilines is 1. The first-order valence-electron chi connectivity index (χ1n) is 9.34. The molecule has 0 aliphatic carbocycles. The van der Waals surface area contributed by atoms with E-state index in [4.69, 9.17) is 14.2 Å². The van der Waals surface area contributed by atoms with Gasteiger partial charge in [-0.15, -0.1) is 0 Å². The molecule has 0 bridgehead atoms. The highest BCUT2D eigenvalue weighted by Gasteiger charge is 2.20. The number of nitrogens with one attached hydrogen (secondary N) is 1. The van der Waals surface area contributed by atoms with Crippen LogP contribution in [-0.4, -0.2) is 37.5 Å². The van der Waals surface area contributed by atoms with Crippen LogP contribution in [0.1, 0.15) is 37.0 Å². The zero-order valence-corrected chi connectivity index (χ0v) is 16.8. The third kappa shape index (κ3) is 6.64. The minimum absolute atomic E-state index is 0.00629. The number of ketones is 1. The van der Waals surface area contributed by atoms with E-state index in [2.05, 4.69) is 5.32 Å². The first-order valence-corrected chi connectivity index (χ1v) is 9.34. The number of esters is 1. The monoisotopic (exact) mass is 399 g/mol. The summed E-state index contributed by atoms with van der Waals surface area (Å²) < 4.78 is 15.6. The van der Waals surface area contributed by atoms with Gasteiger partial charge in [0, 0.05) is 12.0 Å². The van der Waals surface area contributed by atoms with E-state index >= 15 is 0 Å². The fraction of sp³-hybridized carbons (Fsp3) is 0.318. The molecule has 1 amide bonds. The van der Waals surface area contributed by atoms with Gasteiger partial charge in [0.15, 0.2) is 11.9 Å². The van der Waals surface area contributed by atoms with Crippen molar-refractivity contribution in [2.75, 3.05) is 19.0 Å². The molecule has 0 heterocycles. The quantitative estimate of drug-likeness (QED) is 0.485. The number of hydrogen-bond donors (Lipinski definition) is 1. The Morgan fingerprint density at radius 2 is 1.69 bits per heavy atom. The van der Waals surface area contributed by atoms with Crippen molar-refractivity contribution >= 4 is 23.3 Å². The molecule has 0 aliphatic heterocycles. The van der Waals surface area contributed by atoms with Crippen LogP contribution >= 0.6 is 0 Å². The zero-order valence-electron chi connectivity index (χ0n) is 16.8. The second-order valence-corrected chi connectivity index (χ2v) is 6.20. The van der Waals surface area contributed by atoms with Gasteiger partial charge < -0.3 is 19.5 Å². The molecule has 0 saturated carbocycles. The normalized spacial score (nSPS) is 11.3. The Kier molecular flexibility index (Phi) is 8.21. The summed E-state index contributed by atoms with van der Waals surface area (Å²) in [5, 5.41) is 2.65. The Hall–Kier alpha value is -3.35. The summed E-state index contributed by atoms with van der Waals surface area (Å²) in [6, 6.07) is 13.6. The van der Waals surface area contributed by atoms with Gasteiger partial charge in [-0.3, -0.25) is 14.4 Å². The maximum atomic E-state index is 12.2. The van der Waals surface area contributed by atoms with Gasteiger partial charge in [-0.25, -0.2) is 0 Å². The molecule has 0 spiro atoms. The van der Waals surface area contributed by atoms with Crippen LogP contribution in [0.15, 0.2) is 48.5 Å². The van der Waals surface area contributed by atoms with Gasteiger partial charge in [0.1, 0.15) is 11.5 Å². The van der Waals surface area contributed by atoms with Crippen LogP contribution in [-0.2, 0) is 14.3 Å². The first-order chi connectivity index (χ1) is 13.9. The van der Waals surface area contributed by atoms with Crippen molar-refractivity contribution in [2.45, 2.75) is 32.8 Å². The molecule has 0 fully saturated rings. The number of amides is 1. The molecular formula is C22H25NO6. The number of methoxy groups -OCH3 is 1. The Balaban J connectivity index is 1.81. The Bertz CT molecular complexity index is 847. The fourth-order valence-electron chi connectivity index (χ4n) is 2.56. The Morgan fingerprint density at radius 1 is 1.00 bits per heavy atom. The third-order valence-corrected chi connectivity index (χ3v) is 4.09. The van der Waals surface area contributed by atoms with E-state index in [-0.39, 0.29) is 18.6 Å². The standard InChI is InChI=1S/C22H25NO6/c1-4-28-17-11-9-16(10-12-17)19(24)13-14-21(25)29-15(2)22(26)23-18-7-5-6-8-20(18)27-3/h5-12,15H,4,13-14H2,1-3H3,(H,23,26). The molecule has 2 rings (SSSR count). The average Bonchev–Trinajstić information content (AvgIpc) is 2.73. The van der Waals surface area contributed by atoms with Crippen LogP contribution in [0.3, 0.4) is 0 Å². The molecule has 7 heteroatoms. The van der Waals surface area contributed by atoms with Gasteiger partial charge in [0.05, 0.1) is 25.8 Å². The number of carbonyl (C=O) groups is 3. The molecule has 0 aliphatic rings. The van der Waals surface area contributed by atoms with E-state index in [0.29, 0.717) is 29.4 Å². The lowest BCUT2D eigenvalue weighted by molar-refractivity contribution is -0.153. The number of hydrogen-bond acceptors (Lipinski definition) is 6. The number of para-hydroxylation sites is 2. The number of Topliss-reactive ketones (excluding diaryl/α,β-unsaturated/α-hetero) is 1. The van der Waals surface area contributed by atoms with E-state index in [1.54, 1.807) is 48.5 Å². The van der Waals surface area contributed by atoms with Crippen molar-refractivity contribution in [2.24, 2.45) is 0 Å². The van der Waals surface area contributed by atoms with Gasteiger partial charge in [0.2, 0.25) is 0 Å². The molecule has 1 N–H and O–H groups in total. The number of benzene rings is 2. The largest absolute Gasteiger partial charge is 0.495 e. The summed E-state index contributed by atoms with van der Waals surface area (Å²) in [5.41, 5.74) is 0.969. The van der Waals surface area contributed by atoms with Crippen LogP contribution in [0.2, 0.25) is 0 Å². The molecule has 29 heavy (non-hydrogen) atoms. The van der Waals surface area contributed by atoms with E-state index in [1.165, 1.54) is 14.0 Å². The van der Waals surface area contributed by atoms with E-state index in [0.717, 1.165) is 0 Å². The molecule has 0 saturated heterocycles. The van der Waals surface area contributed by atoms with Gasteiger partial charge in [-0.1, -0.05) is 12.1 Å². The van der Waals surface area contributed by atoms with Crippen molar-refractivity contribution in [3.05, 3.63) is 54.1 Å². The smallest absolute Gasteiger partial charge is 0.307 e. The predicted octanol–water partition coefficient (Wildman–Crippen LogP) is 3.63. The highest BCUT2D eigenvalue weighted by molar-refractivity contribution is 5.98. The van der Waals surface area contributed by atoms with Crippen molar-refractivity contribution in [3.63, 3.8) is 0 Å². The minimum atomic E-state index is -1.01. The number of carbonyl (C=O) groups excluding carboxylic acids is 3. The molecule has 7 nitrogen and oxygen atoms in total. The average molecular weight is 399 g/mol. The topological polar surface area (TPSA) is 90.9 Å². The Labute approximate surface area is 170 Å². The summed E-state index contributed by atoms with van der Waals surface area (Å²) in [7, 11) is 1.50. The first kappa shape index (κ1) is 21.9. The zero-order chi connectivity index (χ0) is 21.2. The van der Waals surface area contributed by atoms with Gasteiger partial charge in [-0.2, -0.15) is 0 Å². The summed E-state index contributed by atoms with van der Waals surface area (Å²) in [6.07, 6.45) is -1.13. The van der Waals surface area contributed by atoms with Crippen molar-refractivity contribution in [3.8, 4) is 11.5 Å². The maximum Gasteiger partial charge on any atom is 0.307 e. The van der Waals surface area contributed by atoms with Gasteiger partial charge >= 0.3 is 5.97 Å².